The lowest BCUT2D eigenvalue weighted by Crippen LogP contribution is -2.38. The van der Waals surface area contributed by atoms with E-state index in [4.69, 9.17) is 10.5 Å². The van der Waals surface area contributed by atoms with E-state index in [0.717, 1.165) is 12.5 Å². The monoisotopic (exact) mass is 326 g/mol. The Kier molecular flexibility index (Phi) is 5.24. The Bertz CT molecular complexity index is 572. The fraction of sp³-hybridized carbons (Fsp3) is 0.588. The maximum Gasteiger partial charge on any atom is 0.410 e. The third-order valence-corrected chi connectivity index (χ3v) is 3.95. The van der Waals surface area contributed by atoms with Crippen molar-refractivity contribution < 1.29 is 18.3 Å². The number of rotatable bonds is 3. The van der Waals surface area contributed by atoms with E-state index in [1.54, 1.807) is 4.90 Å². The third kappa shape index (κ3) is 4.89. The summed E-state index contributed by atoms with van der Waals surface area (Å²) in [6.45, 7) is 6.54. The zero-order chi connectivity index (χ0) is 17.2. The van der Waals surface area contributed by atoms with Crippen molar-refractivity contribution in [2.24, 2.45) is 11.7 Å². The van der Waals surface area contributed by atoms with Crippen LogP contribution in [0.2, 0.25) is 0 Å². The minimum atomic E-state index is -0.600. The Morgan fingerprint density at radius 1 is 1.43 bits per heavy atom. The van der Waals surface area contributed by atoms with Crippen LogP contribution in [0.15, 0.2) is 18.2 Å². The van der Waals surface area contributed by atoms with Gasteiger partial charge in [0.25, 0.3) is 0 Å². The summed E-state index contributed by atoms with van der Waals surface area (Å²) >= 11 is 0. The molecule has 1 heterocycles. The van der Waals surface area contributed by atoms with Crippen LogP contribution in [-0.2, 0) is 11.2 Å². The summed E-state index contributed by atoms with van der Waals surface area (Å²) in [5.74, 6) is -1.11. The number of hydrogen-bond acceptors (Lipinski definition) is 3. The van der Waals surface area contributed by atoms with E-state index in [1.165, 1.54) is 12.1 Å². The van der Waals surface area contributed by atoms with E-state index in [1.807, 2.05) is 20.8 Å². The van der Waals surface area contributed by atoms with Crippen LogP contribution in [0.3, 0.4) is 0 Å². The van der Waals surface area contributed by atoms with Gasteiger partial charge in [-0.3, -0.25) is 0 Å². The normalized spacial score (nSPS) is 19.7. The zero-order valence-electron chi connectivity index (χ0n) is 13.8. The molecule has 0 aromatic heterocycles. The van der Waals surface area contributed by atoms with Gasteiger partial charge < -0.3 is 15.4 Å². The smallest absolute Gasteiger partial charge is 0.410 e. The molecule has 2 rings (SSSR count). The van der Waals surface area contributed by atoms with E-state index < -0.39 is 17.2 Å². The first kappa shape index (κ1) is 17.7. The fourth-order valence-corrected chi connectivity index (χ4v) is 2.74. The van der Waals surface area contributed by atoms with Crippen LogP contribution in [-0.4, -0.2) is 35.7 Å². The molecule has 1 fully saturated rings. The molecule has 0 radical (unpaired) electrons. The highest BCUT2D eigenvalue weighted by atomic mass is 19.1. The minimum absolute atomic E-state index is 0.0759. The Labute approximate surface area is 135 Å². The summed E-state index contributed by atoms with van der Waals surface area (Å²) in [6.07, 6.45) is 0.725. The lowest BCUT2D eigenvalue weighted by atomic mass is 9.93. The van der Waals surface area contributed by atoms with Crippen molar-refractivity contribution in [3.05, 3.63) is 35.4 Å². The molecule has 1 aromatic rings. The van der Waals surface area contributed by atoms with Gasteiger partial charge in [0.05, 0.1) is 0 Å². The van der Waals surface area contributed by atoms with E-state index >= 15 is 0 Å². The van der Waals surface area contributed by atoms with Crippen LogP contribution < -0.4 is 5.73 Å². The van der Waals surface area contributed by atoms with Crippen molar-refractivity contribution in [3.63, 3.8) is 0 Å². The van der Waals surface area contributed by atoms with Gasteiger partial charge in [-0.15, -0.1) is 0 Å². The summed E-state index contributed by atoms with van der Waals surface area (Å²) in [5, 5.41) is 0. The Morgan fingerprint density at radius 3 is 2.74 bits per heavy atom. The van der Waals surface area contributed by atoms with Gasteiger partial charge in [0, 0.05) is 25.2 Å². The van der Waals surface area contributed by atoms with E-state index in [2.05, 4.69) is 0 Å². The Balaban J connectivity index is 1.92. The number of nitrogens with zero attached hydrogens (tertiary/aromatic N) is 1. The lowest BCUT2D eigenvalue weighted by molar-refractivity contribution is 0.0286. The standard InChI is InChI=1S/C17H24F2N2O2/c1-17(2,3)23-16(22)21-7-6-12(10-21)15(20)8-11-4-5-13(18)9-14(11)19/h4-5,9,12,15H,6-8,10,20H2,1-3H3. The summed E-state index contributed by atoms with van der Waals surface area (Å²) in [5.41, 5.74) is 6.03. The number of hydrogen-bond donors (Lipinski definition) is 1. The van der Waals surface area contributed by atoms with Crippen molar-refractivity contribution in [2.45, 2.75) is 45.3 Å². The molecular weight excluding hydrogens is 302 g/mol. The van der Waals surface area contributed by atoms with Gasteiger partial charge in [-0.1, -0.05) is 6.07 Å². The van der Waals surface area contributed by atoms with Gasteiger partial charge in [-0.05, 0) is 51.2 Å². The van der Waals surface area contributed by atoms with Crippen LogP contribution in [0.25, 0.3) is 0 Å². The fourth-order valence-electron chi connectivity index (χ4n) is 2.74. The summed E-state index contributed by atoms with van der Waals surface area (Å²) in [6, 6.07) is 3.23. The molecule has 0 aliphatic carbocycles. The average Bonchev–Trinajstić information content (AvgIpc) is 2.90. The maximum absolute atomic E-state index is 13.7. The number of carbonyl (C=O) groups is 1. The molecule has 23 heavy (non-hydrogen) atoms. The summed E-state index contributed by atoms with van der Waals surface area (Å²) in [4.78, 5) is 13.7. The molecule has 1 aliphatic rings. The van der Waals surface area contributed by atoms with Crippen molar-refractivity contribution in [2.75, 3.05) is 13.1 Å². The minimum Gasteiger partial charge on any atom is -0.444 e. The van der Waals surface area contributed by atoms with Gasteiger partial charge in [0.1, 0.15) is 17.2 Å². The predicted molar refractivity (Wildman–Crippen MR) is 84.0 cm³/mol. The first-order valence-electron chi connectivity index (χ1n) is 7.83. The average molecular weight is 326 g/mol. The molecule has 4 nitrogen and oxygen atoms in total. The van der Waals surface area contributed by atoms with Crippen molar-refractivity contribution in [3.8, 4) is 0 Å². The predicted octanol–water partition coefficient (Wildman–Crippen LogP) is 3.09. The van der Waals surface area contributed by atoms with Crippen molar-refractivity contribution in [1.82, 2.24) is 4.90 Å². The first-order chi connectivity index (χ1) is 10.7. The molecule has 2 N–H and O–H groups in total. The number of carbonyl (C=O) groups excluding carboxylic acids is 1. The van der Waals surface area contributed by atoms with Crippen molar-refractivity contribution in [1.29, 1.82) is 0 Å². The molecule has 0 spiro atoms. The largest absolute Gasteiger partial charge is 0.444 e. The third-order valence-electron chi connectivity index (χ3n) is 3.95. The number of ether oxygens (including phenoxy) is 1. The number of amides is 1. The van der Waals surface area contributed by atoms with Crippen LogP contribution in [0, 0.1) is 17.6 Å². The topological polar surface area (TPSA) is 55.6 Å². The van der Waals surface area contributed by atoms with Gasteiger partial charge in [0.2, 0.25) is 0 Å². The Morgan fingerprint density at radius 2 is 2.13 bits per heavy atom. The van der Waals surface area contributed by atoms with E-state index in [9.17, 15) is 13.6 Å². The molecule has 2 atom stereocenters. The highest BCUT2D eigenvalue weighted by Gasteiger charge is 2.32. The molecule has 128 valence electrons. The van der Waals surface area contributed by atoms with Gasteiger partial charge in [0.15, 0.2) is 0 Å². The molecule has 0 bridgehead atoms. The molecule has 1 saturated heterocycles. The number of halogens is 2. The highest BCUT2D eigenvalue weighted by molar-refractivity contribution is 5.68. The molecule has 1 amide bonds. The van der Waals surface area contributed by atoms with E-state index in [-0.39, 0.29) is 18.1 Å². The number of benzene rings is 1. The number of likely N-dealkylation sites (tertiary alicyclic amines) is 1. The summed E-state index contributed by atoms with van der Waals surface area (Å²) < 4.78 is 32.0. The summed E-state index contributed by atoms with van der Waals surface area (Å²) in [7, 11) is 0. The molecule has 1 aromatic carbocycles. The van der Waals surface area contributed by atoms with E-state index in [0.29, 0.717) is 25.1 Å². The first-order valence-corrected chi connectivity index (χ1v) is 7.83. The quantitative estimate of drug-likeness (QED) is 0.928. The zero-order valence-corrected chi connectivity index (χ0v) is 13.8. The van der Waals surface area contributed by atoms with Crippen LogP contribution in [0.1, 0.15) is 32.8 Å². The SMILES string of the molecule is CC(C)(C)OC(=O)N1CCC(C(N)Cc2ccc(F)cc2F)C1. The van der Waals surface area contributed by atoms with Crippen LogP contribution in [0.4, 0.5) is 13.6 Å². The molecule has 6 heteroatoms. The highest BCUT2D eigenvalue weighted by Crippen LogP contribution is 2.24. The molecule has 2 unspecified atom stereocenters. The van der Waals surface area contributed by atoms with Crippen LogP contribution >= 0.6 is 0 Å². The Hall–Kier alpha value is -1.69. The number of nitrogens with two attached hydrogens (primary N) is 1. The van der Waals surface area contributed by atoms with Crippen LogP contribution in [0.5, 0.6) is 0 Å². The molecule has 1 aliphatic heterocycles. The van der Waals surface area contributed by atoms with Gasteiger partial charge in [-0.2, -0.15) is 0 Å². The molecule has 0 saturated carbocycles. The van der Waals surface area contributed by atoms with Gasteiger partial charge >= 0.3 is 6.09 Å². The second-order valence-corrected chi connectivity index (χ2v) is 7.08. The van der Waals surface area contributed by atoms with Crippen molar-refractivity contribution >= 4 is 6.09 Å². The van der Waals surface area contributed by atoms with Gasteiger partial charge in [-0.25, -0.2) is 13.6 Å². The second kappa shape index (κ2) is 6.83. The maximum atomic E-state index is 13.7. The molecular formula is C17H24F2N2O2. The second-order valence-electron chi connectivity index (χ2n) is 7.08. The lowest BCUT2D eigenvalue weighted by Gasteiger charge is -2.25.